The summed E-state index contributed by atoms with van der Waals surface area (Å²) in [5, 5.41) is 9.88. The van der Waals surface area contributed by atoms with Gasteiger partial charge in [-0.05, 0) is 0 Å². The summed E-state index contributed by atoms with van der Waals surface area (Å²) in [6, 6.07) is 2.17. The van der Waals surface area contributed by atoms with Gasteiger partial charge in [-0.2, -0.15) is 28.8 Å². The molecule has 1 heterocycles. The molecule has 0 N–H and O–H groups in total. The molecular formula is C10H14I2N2S4V. The summed E-state index contributed by atoms with van der Waals surface area (Å²) in [7, 11) is 0.628. The number of nitrogens with zero attached hydrogens (tertiary/aromatic N) is 2. The summed E-state index contributed by atoms with van der Waals surface area (Å²) < 4.78 is 0. The molecule has 0 saturated carbocycles. The molecule has 107 valence electrons. The Bertz CT molecular complexity index is 262. The van der Waals surface area contributed by atoms with Gasteiger partial charge in [-0.1, -0.05) is 11.8 Å². The van der Waals surface area contributed by atoms with E-state index >= 15 is 0 Å². The van der Waals surface area contributed by atoms with Crippen molar-refractivity contribution in [1.29, 1.82) is 5.26 Å². The van der Waals surface area contributed by atoms with Crippen LogP contribution in [0, 0.1) is 17.9 Å². The maximum atomic E-state index is 8.45. The summed E-state index contributed by atoms with van der Waals surface area (Å²) in [5.74, 6) is 5.83. The van der Waals surface area contributed by atoms with Crippen molar-refractivity contribution in [1.82, 2.24) is 0 Å². The first-order valence-electron chi connectivity index (χ1n) is 5.29. The van der Waals surface area contributed by atoms with Gasteiger partial charge in [0.1, 0.15) is 0 Å². The summed E-state index contributed by atoms with van der Waals surface area (Å²) in [6.07, 6.45) is 0. The maximum absolute atomic E-state index is 8.45. The molecule has 0 aliphatic carbocycles. The zero-order chi connectivity index (χ0) is 14.3. The van der Waals surface area contributed by atoms with E-state index in [9.17, 15) is 0 Å². The van der Waals surface area contributed by atoms with Crippen molar-refractivity contribution in [3.8, 4) is 6.07 Å². The quantitative estimate of drug-likeness (QED) is 0.249. The summed E-state index contributed by atoms with van der Waals surface area (Å²) >= 11 is 12.3. The average molecular weight is 595 g/mol. The van der Waals surface area contributed by atoms with Crippen LogP contribution in [0.4, 0.5) is 0 Å². The molecule has 0 aromatic carbocycles. The molecule has 9 heteroatoms. The number of hydrogen-bond donors (Lipinski definition) is 0. The monoisotopic (exact) mass is 595 g/mol. The fourth-order valence-electron chi connectivity index (χ4n) is 1.24. The summed E-state index contributed by atoms with van der Waals surface area (Å²) in [5.41, 5.74) is 0. The predicted octanol–water partition coefficient (Wildman–Crippen LogP) is 4.84. The van der Waals surface area contributed by atoms with Gasteiger partial charge in [0.2, 0.25) is 0 Å². The predicted molar refractivity (Wildman–Crippen MR) is 107 cm³/mol. The van der Waals surface area contributed by atoms with Crippen LogP contribution >= 0.6 is 87.0 Å². The molecular weight excluding hydrogens is 581 g/mol. The minimum atomic E-state index is 0.600. The third kappa shape index (κ3) is 13.8. The third-order valence-corrected chi connectivity index (χ3v) is 7.53. The summed E-state index contributed by atoms with van der Waals surface area (Å²) in [4.78, 5) is 3.35. The first kappa shape index (κ1) is 21.4. The van der Waals surface area contributed by atoms with Crippen molar-refractivity contribution >= 4 is 87.0 Å². The van der Waals surface area contributed by atoms with Gasteiger partial charge in [0.05, 0.1) is 11.8 Å². The van der Waals surface area contributed by atoms with Crippen LogP contribution in [0.3, 0.4) is 0 Å². The van der Waals surface area contributed by atoms with Crippen molar-refractivity contribution in [3.63, 3.8) is 0 Å². The zero-order valence-electron chi connectivity index (χ0n) is 10.1. The molecule has 1 aliphatic heterocycles. The van der Waals surface area contributed by atoms with Gasteiger partial charge in [-0.15, -0.1) is 11.8 Å². The number of thioether (sulfide) groups is 4. The fourth-order valence-corrected chi connectivity index (χ4v) is 6.50. The second kappa shape index (κ2) is 16.8. The SMILES string of the molecule is [C-]#[N+]CSCC1CSC(CSCC#N)CS1.[I][V][I]. The van der Waals surface area contributed by atoms with E-state index in [1.807, 2.05) is 23.5 Å². The van der Waals surface area contributed by atoms with Gasteiger partial charge in [-0.25, -0.2) is 6.57 Å². The normalized spacial score (nSPS) is 21.5. The molecule has 0 amide bonds. The van der Waals surface area contributed by atoms with Gasteiger partial charge in [0.15, 0.2) is 0 Å². The van der Waals surface area contributed by atoms with Gasteiger partial charge in [0.25, 0.3) is 5.88 Å². The Morgan fingerprint density at radius 2 is 1.79 bits per heavy atom. The van der Waals surface area contributed by atoms with E-state index in [0.717, 1.165) is 11.5 Å². The van der Waals surface area contributed by atoms with E-state index < -0.39 is 0 Å². The van der Waals surface area contributed by atoms with E-state index in [1.165, 1.54) is 11.5 Å². The second-order valence-electron chi connectivity index (χ2n) is 3.31. The van der Waals surface area contributed by atoms with Crippen molar-refractivity contribution in [2.75, 3.05) is 34.6 Å². The van der Waals surface area contributed by atoms with Crippen LogP contribution in [0.5, 0.6) is 0 Å². The average Bonchev–Trinajstić information content (AvgIpc) is 2.42. The molecule has 1 fully saturated rings. The van der Waals surface area contributed by atoms with Crippen LogP contribution in [-0.2, 0) is 9.47 Å². The molecule has 19 heavy (non-hydrogen) atoms. The topological polar surface area (TPSA) is 28.1 Å². The molecule has 0 bridgehead atoms. The Labute approximate surface area is 162 Å². The molecule has 2 atom stereocenters. The van der Waals surface area contributed by atoms with Crippen molar-refractivity contribution < 1.29 is 9.47 Å². The number of nitriles is 1. The Morgan fingerprint density at radius 3 is 2.21 bits per heavy atom. The molecule has 0 aromatic rings. The van der Waals surface area contributed by atoms with Crippen LogP contribution < -0.4 is 0 Å². The first-order chi connectivity index (χ1) is 9.28. The van der Waals surface area contributed by atoms with Gasteiger partial charge in [-0.3, -0.25) is 0 Å². The van der Waals surface area contributed by atoms with Crippen molar-refractivity contribution in [2.45, 2.75) is 10.5 Å². The number of rotatable bonds is 6. The second-order valence-corrected chi connectivity index (χ2v) is 19.8. The van der Waals surface area contributed by atoms with E-state index in [2.05, 4.69) is 50.9 Å². The Morgan fingerprint density at radius 1 is 1.26 bits per heavy atom. The molecule has 1 aliphatic rings. The van der Waals surface area contributed by atoms with E-state index in [-0.39, 0.29) is 0 Å². The van der Waals surface area contributed by atoms with Crippen LogP contribution in [0.1, 0.15) is 0 Å². The van der Waals surface area contributed by atoms with Gasteiger partial charge < -0.3 is 4.85 Å². The number of hydrogen-bond acceptors (Lipinski definition) is 5. The van der Waals surface area contributed by atoms with E-state index in [1.54, 1.807) is 23.5 Å². The van der Waals surface area contributed by atoms with Gasteiger partial charge >= 0.3 is 49.4 Å². The molecule has 0 spiro atoms. The first-order valence-corrected chi connectivity index (χ1v) is 18.7. The molecule has 2 nitrogen and oxygen atoms in total. The zero-order valence-corrected chi connectivity index (χ0v) is 19.1. The van der Waals surface area contributed by atoms with Gasteiger partial charge in [0, 0.05) is 33.5 Å². The van der Waals surface area contributed by atoms with Crippen LogP contribution in [0.25, 0.3) is 4.85 Å². The van der Waals surface area contributed by atoms with E-state index in [4.69, 9.17) is 11.8 Å². The fraction of sp³-hybridized carbons (Fsp3) is 0.800. The third-order valence-electron chi connectivity index (χ3n) is 1.97. The van der Waals surface area contributed by atoms with E-state index in [0.29, 0.717) is 31.6 Å². The standard InChI is InChI=1S/C10H14N2S4.2HI.V/c1-12-8-14-5-10-7-15-9(6-16-10)4-13-3-2-11;;;/h9-10H,3-8H2;2*1H;/q;;;+2/p-2. The Hall–Kier alpha value is 2.42. The summed E-state index contributed by atoms with van der Waals surface area (Å²) in [6.45, 7) is 6.71. The molecule has 1 saturated heterocycles. The number of halogens is 2. The molecule has 0 radical (unpaired) electrons. The van der Waals surface area contributed by atoms with Crippen molar-refractivity contribution in [2.24, 2.45) is 0 Å². The van der Waals surface area contributed by atoms with Crippen LogP contribution in [0.2, 0.25) is 0 Å². The Balaban J connectivity index is 0.000000982. The molecule has 2 unspecified atom stereocenters. The van der Waals surface area contributed by atoms with Crippen LogP contribution in [-0.4, -0.2) is 45.1 Å². The van der Waals surface area contributed by atoms with Crippen LogP contribution in [0.15, 0.2) is 0 Å². The molecule has 0 aromatic heterocycles. The Kier molecular flexibility index (Phi) is 18.9. The molecule has 1 rings (SSSR count). The minimum absolute atomic E-state index is 0.600. The van der Waals surface area contributed by atoms with Crippen molar-refractivity contribution in [3.05, 3.63) is 11.4 Å².